The smallest absolute Gasteiger partial charge is 0.266 e. The molecule has 0 aromatic heterocycles. The Balaban J connectivity index is 1.79. The van der Waals surface area contributed by atoms with Crippen molar-refractivity contribution >= 4 is 83.7 Å². The maximum atomic E-state index is 12.5. The molecule has 2 aromatic carbocycles. The molecule has 0 spiro atoms. The van der Waals surface area contributed by atoms with Gasteiger partial charge in [0.2, 0.25) is 0 Å². The van der Waals surface area contributed by atoms with Gasteiger partial charge in [0.15, 0.2) is 0 Å². The summed E-state index contributed by atoms with van der Waals surface area (Å²) in [5.74, 6) is 0.638. The second-order valence-electron chi connectivity index (χ2n) is 6.03. The molecule has 0 unspecified atom stereocenters. The lowest BCUT2D eigenvalue weighted by Crippen LogP contribution is -2.28. The Morgan fingerprint density at radius 3 is 2.57 bits per heavy atom. The minimum absolute atomic E-state index is 0.0388. The number of benzene rings is 2. The molecule has 146 valence electrons. The third-order valence-corrected chi connectivity index (χ3v) is 6.89. The Hall–Kier alpha value is -0.860. The number of halogens is 3. The average molecular weight is 562 g/mol. The van der Waals surface area contributed by atoms with Crippen LogP contribution in [0, 0.1) is 0 Å². The van der Waals surface area contributed by atoms with E-state index in [1.54, 1.807) is 4.90 Å². The summed E-state index contributed by atoms with van der Waals surface area (Å²) < 4.78 is 8.12. The van der Waals surface area contributed by atoms with Gasteiger partial charge in [-0.2, -0.15) is 0 Å². The number of rotatable bonds is 6. The second-order valence-corrected chi connectivity index (χ2v) is 9.82. The minimum atomic E-state index is -0.0388. The van der Waals surface area contributed by atoms with E-state index in [0.29, 0.717) is 33.1 Å². The van der Waals surface area contributed by atoms with Gasteiger partial charge in [0.25, 0.3) is 5.91 Å². The number of nitrogens with zero attached hydrogens (tertiary/aromatic N) is 1. The Kier molecular flexibility index (Phi) is 7.61. The number of carbonyl (C=O) groups excluding carboxylic acids is 1. The Bertz CT molecular complexity index is 942. The van der Waals surface area contributed by atoms with Crippen molar-refractivity contribution in [3.63, 3.8) is 0 Å². The number of thioether (sulfide) groups is 1. The van der Waals surface area contributed by atoms with E-state index in [1.165, 1.54) is 11.8 Å². The Morgan fingerprint density at radius 1 is 1.25 bits per heavy atom. The molecule has 0 atom stereocenters. The molecule has 1 heterocycles. The van der Waals surface area contributed by atoms with Crippen molar-refractivity contribution in [2.24, 2.45) is 0 Å². The zero-order valence-corrected chi connectivity index (χ0v) is 20.4. The molecule has 28 heavy (non-hydrogen) atoms. The van der Waals surface area contributed by atoms with Gasteiger partial charge >= 0.3 is 0 Å². The second kappa shape index (κ2) is 9.76. The van der Waals surface area contributed by atoms with Crippen LogP contribution < -0.4 is 4.74 Å². The van der Waals surface area contributed by atoms with Gasteiger partial charge in [-0.1, -0.05) is 60.7 Å². The Morgan fingerprint density at radius 2 is 1.93 bits per heavy atom. The van der Waals surface area contributed by atoms with E-state index < -0.39 is 0 Å². The molecule has 1 aliphatic heterocycles. The quantitative estimate of drug-likeness (QED) is 0.279. The van der Waals surface area contributed by atoms with Crippen molar-refractivity contribution in [1.82, 2.24) is 4.90 Å². The number of hydrogen-bond donors (Lipinski definition) is 0. The zero-order valence-electron chi connectivity index (χ0n) is 14.9. The third-order valence-electron chi connectivity index (χ3n) is 3.97. The summed E-state index contributed by atoms with van der Waals surface area (Å²) in [5.41, 5.74) is 1.78. The van der Waals surface area contributed by atoms with Crippen LogP contribution in [0.3, 0.4) is 0 Å². The van der Waals surface area contributed by atoms with Gasteiger partial charge < -0.3 is 4.74 Å². The SMILES string of the molecule is CCCN1C(=O)/C(=C/c2cc(Br)c(OCc3ccccc3Cl)c(Br)c2)SC1=S. The molecule has 1 saturated heterocycles. The van der Waals surface area contributed by atoms with Crippen LogP contribution in [-0.2, 0) is 11.4 Å². The summed E-state index contributed by atoms with van der Waals surface area (Å²) in [6.45, 7) is 3.02. The fourth-order valence-electron chi connectivity index (χ4n) is 2.63. The highest BCUT2D eigenvalue weighted by Crippen LogP contribution is 2.38. The van der Waals surface area contributed by atoms with Crippen molar-refractivity contribution in [2.75, 3.05) is 6.54 Å². The van der Waals surface area contributed by atoms with E-state index in [0.717, 1.165) is 26.5 Å². The molecule has 0 radical (unpaired) electrons. The van der Waals surface area contributed by atoms with Gasteiger partial charge in [0.05, 0.1) is 13.9 Å². The molecule has 0 aliphatic carbocycles. The molecule has 0 bridgehead atoms. The molecule has 3 rings (SSSR count). The summed E-state index contributed by atoms with van der Waals surface area (Å²) >= 11 is 20.0. The number of amides is 1. The molecule has 8 heteroatoms. The summed E-state index contributed by atoms with van der Waals surface area (Å²) in [7, 11) is 0. The zero-order chi connectivity index (χ0) is 20.3. The largest absolute Gasteiger partial charge is 0.486 e. The minimum Gasteiger partial charge on any atom is -0.486 e. The normalized spacial score (nSPS) is 15.6. The lowest BCUT2D eigenvalue weighted by atomic mass is 10.2. The monoisotopic (exact) mass is 559 g/mol. The molecule has 3 nitrogen and oxygen atoms in total. The van der Waals surface area contributed by atoms with Crippen molar-refractivity contribution in [2.45, 2.75) is 20.0 Å². The van der Waals surface area contributed by atoms with Gasteiger partial charge in [-0.15, -0.1) is 0 Å². The van der Waals surface area contributed by atoms with Crippen molar-refractivity contribution in [3.8, 4) is 5.75 Å². The molecule has 1 fully saturated rings. The first kappa shape index (κ1) is 21.8. The van der Waals surface area contributed by atoms with Crippen molar-refractivity contribution < 1.29 is 9.53 Å². The first-order valence-corrected chi connectivity index (χ1v) is 11.7. The summed E-state index contributed by atoms with van der Waals surface area (Å²) in [5, 5.41) is 0.667. The number of hydrogen-bond acceptors (Lipinski definition) is 4. The maximum Gasteiger partial charge on any atom is 0.266 e. The lowest BCUT2D eigenvalue weighted by Gasteiger charge is -2.13. The molecule has 2 aromatic rings. The topological polar surface area (TPSA) is 29.5 Å². The Labute approximate surface area is 195 Å². The number of carbonyl (C=O) groups is 1. The predicted octanol–water partition coefficient (Wildman–Crippen LogP) is 7.06. The van der Waals surface area contributed by atoms with Gasteiger partial charge in [0, 0.05) is 17.1 Å². The van der Waals surface area contributed by atoms with Crippen LogP contribution in [0.2, 0.25) is 5.02 Å². The van der Waals surface area contributed by atoms with Crippen LogP contribution >= 0.6 is 67.4 Å². The van der Waals surface area contributed by atoms with Gasteiger partial charge in [-0.05, 0) is 68.1 Å². The maximum absolute atomic E-state index is 12.5. The van der Waals surface area contributed by atoms with Crippen LogP contribution in [0.1, 0.15) is 24.5 Å². The number of thiocarbonyl (C=S) groups is 1. The summed E-state index contributed by atoms with van der Waals surface area (Å²) in [6.07, 6.45) is 2.72. The fraction of sp³-hybridized carbons (Fsp3) is 0.200. The standard InChI is InChI=1S/C20H16Br2ClNO2S2/c1-2-7-24-19(25)17(28-20(24)27)10-12-8-14(21)18(15(22)9-12)26-11-13-5-3-4-6-16(13)23/h3-6,8-10H,2,7,11H2,1H3/b17-10-. The number of ether oxygens (including phenoxy) is 1. The molecule has 0 saturated carbocycles. The average Bonchev–Trinajstić information content (AvgIpc) is 2.90. The van der Waals surface area contributed by atoms with Gasteiger partial charge in [0.1, 0.15) is 16.7 Å². The van der Waals surface area contributed by atoms with Gasteiger partial charge in [-0.3, -0.25) is 9.69 Å². The highest BCUT2D eigenvalue weighted by atomic mass is 79.9. The first-order valence-electron chi connectivity index (χ1n) is 8.51. The van der Waals surface area contributed by atoms with E-state index in [2.05, 4.69) is 31.9 Å². The van der Waals surface area contributed by atoms with Gasteiger partial charge in [-0.25, -0.2) is 0 Å². The highest BCUT2D eigenvalue weighted by molar-refractivity contribution is 9.11. The van der Waals surface area contributed by atoms with Crippen molar-refractivity contribution in [3.05, 3.63) is 66.4 Å². The fourth-order valence-corrected chi connectivity index (χ4v) is 5.58. The first-order chi connectivity index (χ1) is 13.4. The summed E-state index contributed by atoms with van der Waals surface area (Å²) in [4.78, 5) is 14.8. The van der Waals surface area contributed by atoms with E-state index in [4.69, 9.17) is 28.6 Å². The molecule has 1 aliphatic rings. The highest BCUT2D eigenvalue weighted by Gasteiger charge is 2.31. The molecule has 0 N–H and O–H groups in total. The van der Waals surface area contributed by atoms with E-state index in [1.807, 2.05) is 49.4 Å². The van der Waals surface area contributed by atoms with Crippen LogP contribution in [0.25, 0.3) is 6.08 Å². The lowest BCUT2D eigenvalue weighted by molar-refractivity contribution is -0.122. The van der Waals surface area contributed by atoms with E-state index in [-0.39, 0.29) is 5.91 Å². The molecular formula is C20H16Br2ClNO2S2. The van der Waals surface area contributed by atoms with Crippen LogP contribution in [-0.4, -0.2) is 21.7 Å². The molecular weight excluding hydrogens is 546 g/mol. The van der Waals surface area contributed by atoms with Crippen molar-refractivity contribution in [1.29, 1.82) is 0 Å². The van der Waals surface area contributed by atoms with Crippen LogP contribution in [0.4, 0.5) is 0 Å². The van der Waals surface area contributed by atoms with Crippen LogP contribution in [0.15, 0.2) is 50.2 Å². The van der Waals surface area contributed by atoms with E-state index >= 15 is 0 Å². The third kappa shape index (κ3) is 5.00. The summed E-state index contributed by atoms with van der Waals surface area (Å²) in [6, 6.07) is 11.4. The van der Waals surface area contributed by atoms with Crippen LogP contribution in [0.5, 0.6) is 5.75 Å². The van der Waals surface area contributed by atoms with E-state index in [9.17, 15) is 4.79 Å². The molecule has 1 amide bonds. The predicted molar refractivity (Wildman–Crippen MR) is 128 cm³/mol.